The van der Waals surface area contributed by atoms with E-state index in [0.717, 1.165) is 24.3 Å². The molecule has 1 N–H and O–H groups in total. The molecule has 108 valence electrons. The number of rotatable bonds is 6. The largest absolute Gasteiger partial charge is 0.313 e. The molecule has 3 aliphatic carbocycles. The fraction of sp³-hybridized carbons (Fsp3) is 0.684. The number of nitrogens with one attached hydrogen (secondary N) is 1. The van der Waals surface area contributed by atoms with Crippen LogP contribution >= 0.6 is 0 Å². The molecule has 3 aliphatic rings. The second-order valence-corrected chi connectivity index (χ2v) is 7.67. The van der Waals surface area contributed by atoms with Crippen LogP contribution in [0.2, 0.25) is 0 Å². The Kier molecular flexibility index (Phi) is 3.14. The van der Waals surface area contributed by atoms with Crippen LogP contribution in [0.4, 0.5) is 0 Å². The van der Waals surface area contributed by atoms with Crippen molar-refractivity contribution in [2.75, 3.05) is 6.54 Å². The van der Waals surface area contributed by atoms with Crippen molar-refractivity contribution in [3.8, 4) is 0 Å². The highest BCUT2D eigenvalue weighted by atomic mass is 15.0. The van der Waals surface area contributed by atoms with Crippen LogP contribution in [0.5, 0.6) is 0 Å². The lowest BCUT2D eigenvalue weighted by atomic mass is 9.77. The highest BCUT2D eigenvalue weighted by Gasteiger charge is 2.53. The van der Waals surface area contributed by atoms with Crippen LogP contribution in [0.3, 0.4) is 0 Å². The van der Waals surface area contributed by atoms with Crippen molar-refractivity contribution in [2.45, 2.75) is 57.9 Å². The Bertz CT molecular complexity index is 461. The Morgan fingerprint density at radius 1 is 1.05 bits per heavy atom. The van der Waals surface area contributed by atoms with Crippen LogP contribution in [-0.2, 0) is 12.8 Å². The molecule has 1 heteroatoms. The van der Waals surface area contributed by atoms with Gasteiger partial charge in [0.1, 0.15) is 0 Å². The van der Waals surface area contributed by atoms with Gasteiger partial charge in [-0.1, -0.05) is 31.2 Å². The smallest absolute Gasteiger partial charge is 0.00684 e. The van der Waals surface area contributed by atoms with Gasteiger partial charge in [0.25, 0.3) is 0 Å². The lowest BCUT2D eigenvalue weighted by Crippen LogP contribution is -2.36. The summed E-state index contributed by atoms with van der Waals surface area (Å²) >= 11 is 0. The lowest BCUT2D eigenvalue weighted by Gasteiger charge is -2.32. The molecule has 4 rings (SSSR count). The Balaban J connectivity index is 1.45. The van der Waals surface area contributed by atoms with Gasteiger partial charge in [0.15, 0.2) is 0 Å². The normalized spacial score (nSPS) is 35.0. The number of fused-ring (bicyclic) bond motifs is 1. The summed E-state index contributed by atoms with van der Waals surface area (Å²) in [5, 5.41) is 3.82. The first-order valence-electron chi connectivity index (χ1n) is 8.57. The van der Waals surface area contributed by atoms with Crippen molar-refractivity contribution in [3.63, 3.8) is 0 Å². The van der Waals surface area contributed by atoms with E-state index in [1.165, 1.54) is 50.6 Å². The van der Waals surface area contributed by atoms with E-state index >= 15 is 0 Å². The summed E-state index contributed by atoms with van der Waals surface area (Å²) in [4.78, 5) is 0. The topological polar surface area (TPSA) is 12.0 Å². The minimum Gasteiger partial charge on any atom is -0.313 e. The molecule has 2 atom stereocenters. The average Bonchev–Trinajstić information content (AvgIpc) is 3.38. The van der Waals surface area contributed by atoms with Crippen molar-refractivity contribution >= 4 is 0 Å². The second-order valence-electron chi connectivity index (χ2n) is 7.67. The minimum absolute atomic E-state index is 0.573. The fourth-order valence-corrected chi connectivity index (χ4v) is 4.33. The first-order chi connectivity index (χ1) is 9.76. The van der Waals surface area contributed by atoms with Crippen molar-refractivity contribution in [3.05, 3.63) is 35.4 Å². The molecular formula is C19H27N. The van der Waals surface area contributed by atoms with Crippen LogP contribution in [0.1, 0.15) is 50.2 Å². The highest BCUT2D eigenvalue weighted by Crippen LogP contribution is 2.60. The summed E-state index contributed by atoms with van der Waals surface area (Å²) in [7, 11) is 0. The molecule has 1 nitrogen and oxygen atoms in total. The summed E-state index contributed by atoms with van der Waals surface area (Å²) < 4.78 is 0. The molecule has 0 amide bonds. The Labute approximate surface area is 123 Å². The predicted molar refractivity (Wildman–Crippen MR) is 83.8 cm³/mol. The quantitative estimate of drug-likeness (QED) is 0.824. The van der Waals surface area contributed by atoms with Crippen molar-refractivity contribution in [1.82, 2.24) is 5.32 Å². The van der Waals surface area contributed by atoms with Gasteiger partial charge in [0, 0.05) is 12.6 Å². The number of hydrogen-bond donors (Lipinski definition) is 1. The van der Waals surface area contributed by atoms with Gasteiger partial charge in [0.2, 0.25) is 0 Å². The van der Waals surface area contributed by atoms with Gasteiger partial charge in [-0.3, -0.25) is 0 Å². The average molecular weight is 269 g/mol. The van der Waals surface area contributed by atoms with E-state index in [0.29, 0.717) is 5.41 Å². The predicted octanol–water partition coefficient (Wildman–Crippen LogP) is 3.96. The molecular weight excluding hydrogens is 242 g/mol. The molecule has 3 fully saturated rings. The first-order valence-corrected chi connectivity index (χ1v) is 8.57. The summed E-state index contributed by atoms with van der Waals surface area (Å²) in [6.07, 6.45) is 9.75. The number of benzene rings is 1. The maximum Gasteiger partial charge on any atom is 0.00684 e. The molecule has 0 bridgehead atoms. The van der Waals surface area contributed by atoms with Crippen LogP contribution in [0, 0.1) is 17.3 Å². The molecule has 1 aromatic carbocycles. The van der Waals surface area contributed by atoms with Gasteiger partial charge in [-0.2, -0.15) is 0 Å². The molecule has 0 aliphatic heterocycles. The maximum atomic E-state index is 3.82. The first kappa shape index (κ1) is 12.9. The second kappa shape index (κ2) is 4.87. The highest BCUT2D eigenvalue weighted by molar-refractivity contribution is 5.24. The zero-order valence-corrected chi connectivity index (χ0v) is 12.7. The summed E-state index contributed by atoms with van der Waals surface area (Å²) in [6.45, 7) is 3.50. The van der Waals surface area contributed by atoms with E-state index in [4.69, 9.17) is 0 Å². The Hall–Kier alpha value is -0.820. The van der Waals surface area contributed by atoms with Gasteiger partial charge >= 0.3 is 0 Å². The Morgan fingerprint density at radius 3 is 2.30 bits per heavy atom. The molecule has 1 aromatic rings. The maximum absolute atomic E-state index is 3.82. The molecule has 20 heavy (non-hydrogen) atoms. The zero-order valence-electron chi connectivity index (χ0n) is 12.7. The van der Waals surface area contributed by atoms with E-state index in [1.807, 2.05) is 0 Å². The van der Waals surface area contributed by atoms with Crippen LogP contribution in [0.25, 0.3) is 0 Å². The van der Waals surface area contributed by atoms with E-state index < -0.39 is 0 Å². The molecule has 3 saturated carbocycles. The summed E-state index contributed by atoms with van der Waals surface area (Å²) in [6, 6.07) is 10.3. The fourth-order valence-electron chi connectivity index (χ4n) is 4.33. The third-order valence-corrected chi connectivity index (χ3v) is 5.81. The van der Waals surface area contributed by atoms with E-state index in [9.17, 15) is 0 Å². The molecule has 2 unspecified atom stereocenters. The SMILES string of the molecule is CCc1ccc(CC2(CNC3CC3)CC3CC3C2)cc1. The molecule has 0 spiro atoms. The molecule has 0 saturated heterocycles. The Morgan fingerprint density at radius 2 is 1.70 bits per heavy atom. The number of hydrogen-bond acceptors (Lipinski definition) is 1. The van der Waals surface area contributed by atoms with Gasteiger partial charge in [0.05, 0.1) is 0 Å². The van der Waals surface area contributed by atoms with Crippen LogP contribution in [-0.4, -0.2) is 12.6 Å². The standard InChI is InChI=1S/C19H27N/c1-2-14-3-5-15(6-4-14)10-19(13-20-18-7-8-18)11-16-9-17(16)12-19/h3-6,16-18,20H,2,7-13H2,1H3. The molecule has 0 radical (unpaired) electrons. The van der Waals surface area contributed by atoms with E-state index in [-0.39, 0.29) is 0 Å². The third-order valence-electron chi connectivity index (χ3n) is 5.81. The number of aryl methyl sites for hydroxylation is 1. The minimum atomic E-state index is 0.573. The van der Waals surface area contributed by atoms with E-state index in [1.54, 1.807) is 5.56 Å². The zero-order chi connectivity index (χ0) is 13.6. The van der Waals surface area contributed by atoms with Crippen molar-refractivity contribution < 1.29 is 0 Å². The summed E-state index contributed by atoms with van der Waals surface area (Å²) in [5.41, 5.74) is 3.60. The van der Waals surface area contributed by atoms with Gasteiger partial charge in [-0.05, 0) is 73.3 Å². The molecule has 0 aromatic heterocycles. The third kappa shape index (κ3) is 2.65. The van der Waals surface area contributed by atoms with Gasteiger partial charge in [-0.15, -0.1) is 0 Å². The van der Waals surface area contributed by atoms with Gasteiger partial charge in [-0.25, -0.2) is 0 Å². The summed E-state index contributed by atoms with van der Waals surface area (Å²) in [5.74, 6) is 2.15. The van der Waals surface area contributed by atoms with Crippen molar-refractivity contribution in [2.24, 2.45) is 17.3 Å². The van der Waals surface area contributed by atoms with Crippen molar-refractivity contribution in [1.29, 1.82) is 0 Å². The monoisotopic (exact) mass is 269 g/mol. The van der Waals surface area contributed by atoms with E-state index in [2.05, 4.69) is 36.5 Å². The lowest BCUT2D eigenvalue weighted by molar-refractivity contribution is 0.247. The van der Waals surface area contributed by atoms with Crippen LogP contribution < -0.4 is 5.32 Å². The van der Waals surface area contributed by atoms with Gasteiger partial charge < -0.3 is 5.32 Å². The van der Waals surface area contributed by atoms with Crippen LogP contribution in [0.15, 0.2) is 24.3 Å². The molecule has 0 heterocycles.